The van der Waals surface area contributed by atoms with Crippen molar-refractivity contribution >= 4 is 5.84 Å². The van der Waals surface area contributed by atoms with Gasteiger partial charge in [0.25, 0.3) is 0 Å². The molecule has 0 bridgehead atoms. The standard InChI is InChI=1S/C8H19N3O2/c1-7(2)10-8(11-9)6-13-5-4-12-3/h7H,4-6,9H2,1-3H3,(H,10,11). The average Bonchev–Trinajstić information content (AvgIpc) is 2.09. The number of hydrazine groups is 1. The molecule has 0 aliphatic carbocycles. The van der Waals surface area contributed by atoms with Gasteiger partial charge in [-0.25, -0.2) is 5.84 Å². The molecule has 0 aliphatic rings. The summed E-state index contributed by atoms with van der Waals surface area (Å²) < 4.78 is 10.1. The van der Waals surface area contributed by atoms with E-state index in [-0.39, 0.29) is 6.04 Å². The Kier molecular flexibility index (Phi) is 7.57. The van der Waals surface area contributed by atoms with Crippen LogP contribution in [0.4, 0.5) is 0 Å². The summed E-state index contributed by atoms with van der Waals surface area (Å²) in [7, 11) is 1.63. The molecule has 0 spiro atoms. The second-order valence-electron chi connectivity index (χ2n) is 2.86. The van der Waals surface area contributed by atoms with E-state index in [0.29, 0.717) is 25.7 Å². The number of aliphatic imine (C=N–C) groups is 1. The number of ether oxygens (including phenoxy) is 2. The molecule has 0 saturated carbocycles. The minimum atomic E-state index is 0.220. The molecule has 0 heterocycles. The topological polar surface area (TPSA) is 68.9 Å². The normalized spacial score (nSPS) is 12.2. The summed E-state index contributed by atoms with van der Waals surface area (Å²) >= 11 is 0. The Hall–Kier alpha value is -0.650. The van der Waals surface area contributed by atoms with E-state index in [1.165, 1.54) is 0 Å². The molecule has 3 N–H and O–H groups in total. The number of methoxy groups -OCH3 is 1. The van der Waals surface area contributed by atoms with Gasteiger partial charge in [-0.05, 0) is 13.8 Å². The van der Waals surface area contributed by atoms with Gasteiger partial charge >= 0.3 is 0 Å². The second-order valence-corrected chi connectivity index (χ2v) is 2.86. The molecule has 5 nitrogen and oxygen atoms in total. The van der Waals surface area contributed by atoms with Crippen molar-refractivity contribution in [3.8, 4) is 0 Å². The summed E-state index contributed by atoms with van der Waals surface area (Å²) in [4.78, 5) is 4.21. The van der Waals surface area contributed by atoms with Gasteiger partial charge in [0.15, 0.2) is 0 Å². The molecule has 0 saturated heterocycles. The molecule has 0 amide bonds. The van der Waals surface area contributed by atoms with Crippen molar-refractivity contribution in [3.05, 3.63) is 0 Å². The van der Waals surface area contributed by atoms with Gasteiger partial charge in [-0.3, -0.25) is 4.99 Å². The molecule has 13 heavy (non-hydrogen) atoms. The van der Waals surface area contributed by atoms with Crippen LogP contribution in [-0.4, -0.2) is 38.8 Å². The van der Waals surface area contributed by atoms with E-state index >= 15 is 0 Å². The third-order valence-electron chi connectivity index (χ3n) is 1.25. The van der Waals surface area contributed by atoms with Gasteiger partial charge < -0.3 is 14.9 Å². The van der Waals surface area contributed by atoms with Crippen molar-refractivity contribution in [1.82, 2.24) is 5.43 Å². The van der Waals surface area contributed by atoms with Crippen molar-refractivity contribution in [2.75, 3.05) is 26.9 Å². The summed E-state index contributed by atoms with van der Waals surface area (Å²) in [6.07, 6.45) is 0. The van der Waals surface area contributed by atoms with Crippen LogP contribution in [0.1, 0.15) is 13.8 Å². The highest BCUT2D eigenvalue weighted by Crippen LogP contribution is 1.87. The van der Waals surface area contributed by atoms with Gasteiger partial charge in [-0.15, -0.1) is 0 Å². The van der Waals surface area contributed by atoms with E-state index in [1.807, 2.05) is 13.8 Å². The predicted octanol–water partition coefficient (Wildman–Crippen LogP) is -0.0804. The lowest BCUT2D eigenvalue weighted by molar-refractivity contribution is 0.0891. The molecule has 0 unspecified atom stereocenters. The van der Waals surface area contributed by atoms with E-state index in [4.69, 9.17) is 15.3 Å². The lowest BCUT2D eigenvalue weighted by atomic mass is 10.4. The maximum Gasteiger partial charge on any atom is 0.137 e. The Morgan fingerprint density at radius 1 is 1.46 bits per heavy atom. The minimum Gasteiger partial charge on any atom is -0.382 e. The molecular formula is C8H19N3O2. The monoisotopic (exact) mass is 189 g/mol. The number of hydrogen-bond acceptors (Lipinski definition) is 4. The fourth-order valence-electron chi connectivity index (χ4n) is 0.739. The minimum absolute atomic E-state index is 0.220. The predicted molar refractivity (Wildman–Crippen MR) is 52.6 cm³/mol. The third kappa shape index (κ3) is 7.70. The number of hydrogen-bond donors (Lipinski definition) is 2. The first-order valence-corrected chi connectivity index (χ1v) is 4.30. The van der Waals surface area contributed by atoms with Crippen LogP contribution >= 0.6 is 0 Å². The fraction of sp³-hybridized carbons (Fsp3) is 0.875. The third-order valence-corrected chi connectivity index (χ3v) is 1.25. The zero-order valence-electron chi connectivity index (χ0n) is 8.54. The molecule has 0 aromatic heterocycles. The summed E-state index contributed by atoms with van der Waals surface area (Å²) in [6.45, 7) is 5.49. The molecule has 0 aromatic carbocycles. The molecule has 0 rings (SSSR count). The maximum atomic E-state index is 5.24. The second kappa shape index (κ2) is 7.97. The van der Waals surface area contributed by atoms with E-state index < -0.39 is 0 Å². The summed E-state index contributed by atoms with van der Waals surface area (Å²) in [5, 5.41) is 0. The summed E-state index contributed by atoms with van der Waals surface area (Å²) in [5.41, 5.74) is 2.49. The average molecular weight is 189 g/mol. The van der Waals surface area contributed by atoms with Crippen molar-refractivity contribution in [1.29, 1.82) is 0 Å². The van der Waals surface area contributed by atoms with Crippen LogP contribution in [0, 0.1) is 0 Å². The van der Waals surface area contributed by atoms with Crippen LogP contribution in [0.5, 0.6) is 0 Å². The molecule has 78 valence electrons. The van der Waals surface area contributed by atoms with Crippen molar-refractivity contribution in [2.45, 2.75) is 19.9 Å². The molecule has 0 radical (unpaired) electrons. The highest BCUT2D eigenvalue weighted by atomic mass is 16.5. The summed E-state index contributed by atoms with van der Waals surface area (Å²) in [6, 6.07) is 0.220. The quantitative estimate of drug-likeness (QED) is 0.202. The first-order valence-electron chi connectivity index (χ1n) is 4.30. The molecule has 0 atom stereocenters. The van der Waals surface area contributed by atoms with Crippen molar-refractivity contribution in [3.63, 3.8) is 0 Å². The van der Waals surface area contributed by atoms with Crippen LogP contribution in [0.3, 0.4) is 0 Å². The Balaban J connectivity index is 3.60. The van der Waals surface area contributed by atoms with E-state index in [9.17, 15) is 0 Å². The van der Waals surface area contributed by atoms with Crippen LogP contribution in [0.25, 0.3) is 0 Å². The van der Waals surface area contributed by atoms with Gasteiger partial charge in [0.2, 0.25) is 0 Å². The Bertz CT molecular complexity index is 148. The molecule has 0 fully saturated rings. The molecule has 5 heteroatoms. The SMILES string of the molecule is COCCOCC(=NC(C)C)NN. The number of amidine groups is 1. The Labute approximate surface area is 79.3 Å². The maximum absolute atomic E-state index is 5.24. The number of nitrogens with two attached hydrogens (primary N) is 1. The van der Waals surface area contributed by atoms with Gasteiger partial charge in [0.1, 0.15) is 12.4 Å². The van der Waals surface area contributed by atoms with Crippen LogP contribution in [0.15, 0.2) is 4.99 Å². The largest absolute Gasteiger partial charge is 0.382 e. The van der Waals surface area contributed by atoms with Crippen LogP contribution in [-0.2, 0) is 9.47 Å². The smallest absolute Gasteiger partial charge is 0.137 e. The Morgan fingerprint density at radius 2 is 2.15 bits per heavy atom. The Morgan fingerprint density at radius 3 is 2.62 bits per heavy atom. The van der Waals surface area contributed by atoms with E-state index in [0.717, 1.165) is 0 Å². The van der Waals surface area contributed by atoms with Gasteiger partial charge in [0.05, 0.1) is 13.2 Å². The van der Waals surface area contributed by atoms with Crippen molar-refractivity contribution < 1.29 is 9.47 Å². The highest BCUT2D eigenvalue weighted by molar-refractivity contribution is 5.82. The van der Waals surface area contributed by atoms with Gasteiger partial charge in [0, 0.05) is 13.2 Å². The first kappa shape index (κ1) is 12.3. The highest BCUT2D eigenvalue weighted by Gasteiger charge is 1.97. The molecule has 0 aliphatic heterocycles. The summed E-state index contributed by atoms with van der Waals surface area (Å²) in [5.74, 6) is 5.90. The lowest BCUT2D eigenvalue weighted by Gasteiger charge is -2.08. The first-order chi connectivity index (χ1) is 6.20. The van der Waals surface area contributed by atoms with Gasteiger partial charge in [-0.1, -0.05) is 0 Å². The lowest BCUT2D eigenvalue weighted by Crippen LogP contribution is -2.35. The fourth-order valence-corrected chi connectivity index (χ4v) is 0.739. The number of rotatable bonds is 6. The van der Waals surface area contributed by atoms with E-state index in [1.54, 1.807) is 7.11 Å². The number of nitrogens with one attached hydrogen (secondary N) is 1. The molecule has 0 aromatic rings. The van der Waals surface area contributed by atoms with E-state index in [2.05, 4.69) is 10.4 Å². The number of nitrogens with zero attached hydrogens (tertiary/aromatic N) is 1. The van der Waals surface area contributed by atoms with Gasteiger partial charge in [-0.2, -0.15) is 0 Å². The van der Waals surface area contributed by atoms with Crippen molar-refractivity contribution in [2.24, 2.45) is 10.8 Å². The van der Waals surface area contributed by atoms with Crippen LogP contribution < -0.4 is 11.3 Å². The zero-order chi connectivity index (χ0) is 10.1. The molecular weight excluding hydrogens is 170 g/mol. The zero-order valence-corrected chi connectivity index (χ0v) is 8.54. The van der Waals surface area contributed by atoms with Crippen LogP contribution in [0.2, 0.25) is 0 Å².